The summed E-state index contributed by atoms with van der Waals surface area (Å²) in [6, 6.07) is 14.3. The van der Waals surface area contributed by atoms with E-state index in [1.54, 1.807) is 36.4 Å². The summed E-state index contributed by atoms with van der Waals surface area (Å²) in [5.41, 5.74) is 5.04. The number of hydrogen-bond acceptors (Lipinski definition) is 4. The summed E-state index contributed by atoms with van der Waals surface area (Å²) < 4.78 is 44.1. The number of carbonyl (C=O) groups excluding carboxylic acids is 2. The molecule has 1 amide bonds. The molecule has 28 heavy (non-hydrogen) atoms. The molecular formula is C20H13F3N2O3. The molecule has 0 saturated heterocycles. The molecule has 0 aliphatic heterocycles. The zero-order chi connectivity index (χ0) is 20.3. The lowest BCUT2D eigenvalue weighted by molar-refractivity contribution is -0.137. The van der Waals surface area contributed by atoms with Gasteiger partial charge in [-0.1, -0.05) is 6.07 Å². The minimum atomic E-state index is -4.62. The molecule has 3 aromatic rings. The van der Waals surface area contributed by atoms with Crippen LogP contribution in [0.4, 0.5) is 13.2 Å². The summed E-state index contributed by atoms with van der Waals surface area (Å²) in [5, 5.41) is 0. The van der Waals surface area contributed by atoms with E-state index in [0.717, 1.165) is 18.2 Å². The molecule has 0 aliphatic rings. The van der Waals surface area contributed by atoms with Crippen LogP contribution >= 0.6 is 0 Å². The monoisotopic (exact) mass is 386 g/mol. The van der Waals surface area contributed by atoms with Crippen LogP contribution in [0.1, 0.15) is 26.4 Å². The smallest absolute Gasteiger partial charge is 0.417 e. The molecule has 2 N–H and O–H groups in total. The highest BCUT2D eigenvalue weighted by Gasteiger charge is 2.33. The molecule has 8 heteroatoms. The zero-order valence-electron chi connectivity index (χ0n) is 14.2. The largest absolute Gasteiger partial charge is 0.457 e. The molecule has 0 fully saturated rings. The SMILES string of the molecule is NC(=O)c1cccc(-c2ccc(Oc3ccc(C(F)(F)F)c(C=O)c3)cc2)n1. The van der Waals surface area contributed by atoms with Gasteiger partial charge in [0, 0.05) is 11.1 Å². The van der Waals surface area contributed by atoms with E-state index in [1.807, 2.05) is 0 Å². The molecule has 0 saturated carbocycles. The number of halogens is 3. The van der Waals surface area contributed by atoms with E-state index < -0.39 is 23.2 Å². The Hall–Kier alpha value is -3.68. The normalized spacial score (nSPS) is 11.1. The van der Waals surface area contributed by atoms with Gasteiger partial charge in [-0.2, -0.15) is 13.2 Å². The van der Waals surface area contributed by atoms with Crippen LogP contribution in [0.5, 0.6) is 11.5 Å². The molecular weight excluding hydrogens is 373 g/mol. The number of aldehydes is 1. The third kappa shape index (κ3) is 4.17. The van der Waals surface area contributed by atoms with Gasteiger partial charge >= 0.3 is 6.18 Å². The predicted molar refractivity (Wildman–Crippen MR) is 95.1 cm³/mol. The van der Waals surface area contributed by atoms with Crippen molar-refractivity contribution in [2.45, 2.75) is 6.18 Å². The van der Waals surface area contributed by atoms with Gasteiger partial charge in [-0.05, 0) is 54.6 Å². The van der Waals surface area contributed by atoms with E-state index in [2.05, 4.69) is 4.98 Å². The second-order valence-corrected chi connectivity index (χ2v) is 5.76. The molecule has 3 rings (SSSR count). The summed E-state index contributed by atoms with van der Waals surface area (Å²) in [6.45, 7) is 0. The Labute approximate surface area is 157 Å². The van der Waals surface area contributed by atoms with Gasteiger partial charge in [-0.3, -0.25) is 9.59 Å². The van der Waals surface area contributed by atoms with Crippen LogP contribution in [0.2, 0.25) is 0 Å². The highest BCUT2D eigenvalue weighted by molar-refractivity contribution is 5.91. The first-order chi connectivity index (χ1) is 13.3. The minimum Gasteiger partial charge on any atom is -0.457 e. The van der Waals surface area contributed by atoms with Crippen LogP contribution in [0.3, 0.4) is 0 Å². The number of carbonyl (C=O) groups is 2. The van der Waals surface area contributed by atoms with Crippen LogP contribution in [0, 0.1) is 0 Å². The fourth-order valence-corrected chi connectivity index (χ4v) is 2.52. The predicted octanol–water partition coefficient (Wildman–Crippen LogP) is 4.47. The van der Waals surface area contributed by atoms with Crippen molar-refractivity contribution in [2.75, 3.05) is 0 Å². The van der Waals surface area contributed by atoms with Gasteiger partial charge in [0.1, 0.15) is 17.2 Å². The fourth-order valence-electron chi connectivity index (χ4n) is 2.52. The maximum absolute atomic E-state index is 12.8. The van der Waals surface area contributed by atoms with Gasteiger partial charge in [0.25, 0.3) is 5.91 Å². The quantitative estimate of drug-likeness (QED) is 0.656. The van der Waals surface area contributed by atoms with Crippen molar-refractivity contribution in [3.8, 4) is 22.8 Å². The molecule has 1 aromatic heterocycles. The number of primary amides is 1. The topological polar surface area (TPSA) is 82.3 Å². The number of rotatable bonds is 5. The molecule has 142 valence electrons. The molecule has 0 aliphatic carbocycles. The molecule has 0 unspecified atom stereocenters. The van der Waals surface area contributed by atoms with Crippen molar-refractivity contribution >= 4 is 12.2 Å². The number of nitrogens with zero attached hydrogens (tertiary/aromatic N) is 1. The van der Waals surface area contributed by atoms with Crippen LogP contribution in [0.25, 0.3) is 11.3 Å². The maximum Gasteiger partial charge on any atom is 0.417 e. The minimum absolute atomic E-state index is 0.0942. The number of ether oxygens (including phenoxy) is 1. The lowest BCUT2D eigenvalue weighted by Crippen LogP contribution is -2.12. The summed E-state index contributed by atoms with van der Waals surface area (Å²) in [7, 11) is 0. The van der Waals surface area contributed by atoms with Crippen molar-refractivity contribution < 1.29 is 27.5 Å². The summed E-state index contributed by atoms with van der Waals surface area (Å²) in [4.78, 5) is 26.3. The second-order valence-electron chi connectivity index (χ2n) is 5.76. The fraction of sp³-hybridized carbons (Fsp3) is 0.0500. The van der Waals surface area contributed by atoms with Crippen molar-refractivity contribution in [1.82, 2.24) is 4.98 Å². The molecule has 1 heterocycles. The molecule has 0 bridgehead atoms. The Morgan fingerprint density at radius 3 is 2.29 bits per heavy atom. The summed E-state index contributed by atoms with van der Waals surface area (Å²) in [6.07, 6.45) is -4.49. The number of benzene rings is 2. The highest BCUT2D eigenvalue weighted by atomic mass is 19.4. The lowest BCUT2D eigenvalue weighted by atomic mass is 10.1. The number of nitrogens with two attached hydrogens (primary N) is 1. The number of alkyl halides is 3. The first kappa shape index (κ1) is 19.1. The Bertz CT molecular complexity index is 1030. The van der Waals surface area contributed by atoms with Gasteiger partial charge in [-0.25, -0.2) is 4.98 Å². The van der Waals surface area contributed by atoms with Crippen LogP contribution < -0.4 is 10.5 Å². The van der Waals surface area contributed by atoms with Crippen LogP contribution in [-0.2, 0) is 6.18 Å². The molecule has 0 spiro atoms. The van der Waals surface area contributed by atoms with E-state index in [1.165, 1.54) is 6.07 Å². The van der Waals surface area contributed by atoms with Gasteiger partial charge in [-0.15, -0.1) is 0 Å². The van der Waals surface area contributed by atoms with Crippen molar-refractivity contribution in [3.05, 3.63) is 77.5 Å². The Kier molecular flexibility index (Phi) is 5.12. The van der Waals surface area contributed by atoms with Gasteiger partial charge in [0.2, 0.25) is 0 Å². The first-order valence-corrected chi connectivity index (χ1v) is 7.99. The zero-order valence-corrected chi connectivity index (χ0v) is 14.2. The number of amides is 1. The standard InChI is InChI=1S/C20H13F3N2O3/c21-20(22,23)16-9-8-15(10-13(16)11-26)28-14-6-4-12(5-7-14)17-2-1-3-18(25-17)19(24)27/h1-11H,(H2,24,27). The maximum atomic E-state index is 12.8. The lowest BCUT2D eigenvalue weighted by Gasteiger charge is -2.12. The average Bonchev–Trinajstić information content (AvgIpc) is 2.67. The van der Waals surface area contributed by atoms with Crippen LogP contribution in [-0.4, -0.2) is 17.2 Å². The van der Waals surface area contributed by atoms with E-state index in [-0.39, 0.29) is 17.7 Å². The first-order valence-electron chi connectivity index (χ1n) is 7.99. The molecule has 2 aromatic carbocycles. The van der Waals surface area contributed by atoms with Crippen molar-refractivity contribution in [3.63, 3.8) is 0 Å². The third-order valence-corrected chi connectivity index (χ3v) is 3.84. The molecule has 0 radical (unpaired) electrons. The number of pyridine rings is 1. The number of aromatic nitrogens is 1. The summed E-state index contributed by atoms with van der Waals surface area (Å²) in [5.74, 6) is -0.196. The Balaban J connectivity index is 1.82. The Morgan fingerprint density at radius 2 is 1.68 bits per heavy atom. The Morgan fingerprint density at radius 1 is 1.00 bits per heavy atom. The average molecular weight is 386 g/mol. The van der Waals surface area contributed by atoms with Gasteiger partial charge in [0.05, 0.1) is 11.3 Å². The van der Waals surface area contributed by atoms with E-state index in [0.29, 0.717) is 17.0 Å². The molecule has 0 atom stereocenters. The van der Waals surface area contributed by atoms with Crippen LogP contribution in [0.15, 0.2) is 60.7 Å². The number of hydrogen-bond donors (Lipinski definition) is 1. The second kappa shape index (κ2) is 7.51. The van der Waals surface area contributed by atoms with E-state index >= 15 is 0 Å². The summed E-state index contributed by atoms with van der Waals surface area (Å²) >= 11 is 0. The van der Waals surface area contributed by atoms with Gasteiger partial charge < -0.3 is 10.5 Å². The van der Waals surface area contributed by atoms with E-state index in [4.69, 9.17) is 10.5 Å². The van der Waals surface area contributed by atoms with E-state index in [9.17, 15) is 22.8 Å². The highest BCUT2D eigenvalue weighted by Crippen LogP contribution is 2.34. The van der Waals surface area contributed by atoms with Crippen molar-refractivity contribution in [2.24, 2.45) is 5.73 Å². The van der Waals surface area contributed by atoms with Crippen molar-refractivity contribution in [1.29, 1.82) is 0 Å². The molecule has 5 nitrogen and oxygen atoms in total. The van der Waals surface area contributed by atoms with Gasteiger partial charge in [0.15, 0.2) is 6.29 Å². The third-order valence-electron chi connectivity index (χ3n) is 3.84.